The van der Waals surface area contributed by atoms with Gasteiger partial charge in [-0.25, -0.2) is 0 Å². The van der Waals surface area contributed by atoms with Crippen LogP contribution >= 0.6 is 11.8 Å². The molecule has 4 rings (SSSR count). The molecule has 1 N–H and O–H groups in total. The molecule has 6 heteroatoms. The van der Waals surface area contributed by atoms with Crippen molar-refractivity contribution in [2.75, 3.05) is 12.4 Å². The van der Waals surface area contributed by atoms with Crippen molar-refractivity contribution in [1.29, 1.82) is 0 Å². The topological polar surface area (TPSA) is 52.7 Å². The van der Waals surface area contributed by atoms with Crippen LogP contribution < -0.4 is 5.32 Å². The molecule has 2 saturated heterocycles. The highest BCUT2D eigenvalue weighted by Gasteiger charge is 2.46. The summed E-state index contributed by atoms with van der Waals surface area (Å²) in [5.74, 6) is 1.77. The molecule has 5 unspecified atom stereocenters. The molecule has 0 aromatic rings. The summed E-state index contributed by atoms with van der Waals surface area (Å²) in [5, 5.41) is 4.17. The SMILES string of the molecule is CC(=O)N1C2CCCCC2N(C(=O)C2CCC3NCSC3C2)C[C@@H]1C. The van der Waals surface area contributed by atoms with Crippen LogP contribution in [0.2, 0.25) is 0 Å². The van der Waals surface area contributed by atoms with E-state index in [0.29, 0.717) is 17.2 Å². The van der Waals surface area contributed by atoms with Gasteiger partial charge in [0.05, 0.1) is 12.1 Å². The van der Waals surface area contributed by atoms with E-state index >= 15 is 0 Å². The fourth-order valence-electron chi connectivity index (χ4n) is 5.68. The minimum Gasteiger partial charge on any atom is -0.335 e. The second kappa shape index (κ2) is 7.10. The summed E-state index contributed by atoms with van der Waals surface area (Å²) in [5.41, 5.74) is 0. The predicted octanol–water partition coefficient (Wildman–Crippen LogP) is 2.21. The Labute approximate surface area is 155 Å². The first kappa shape index (κ1) is 17.7. The Bertz CT molecular complexity index is 543. The summed E-state index contributed by atoms with van der Waals surface area (Å²) in [6.07, 6.45) is 7.64. The third-order valence-corrected chi connectivity index (χ3v) is 8.10. The van der Waals surface area contributed by atoms with Gasteiger partial charge in [-0.1, -0.05) is 12.8 Å². The van der Waals surface area contributed by atoms with E-state index in [0.717, 1.165) is 44.5 Å². The zero-order chi connectivity index (χ0) is 17.6. The maximum absolute atomic E-state index is 13.4. The number of carbonyl (C=O) groups is 2. The van der Waals surface area contributed by atoms with Gasteiger partial charge in [-0.05, 0) is 39.0 Å². The Hall–Kier alpha value is -0.750. The van der Waals surface area contributed by atoms with Crippen LogP contribution in [-0.2, 0) is 9.59 Å². The van der Waals surface area contributed by atoms with E-state index < -0.39 is 0 Å². The van der Waals surface area contributed by atoms with Crippen LogP contribution in [0, 0.1) is 5.92 Å². The first-order chi connectivity index (χ1) is 12.1. The lowest BCUT2D eigenvalue weighted by atomic mass is 9.81. The monoisotopic (exact) mass is 365 g/mol. The zero-order valence-corrected chi connectivity index (χ0v) is 16.3. The molecule has 2 saturated carbocycles. The first-order valence-electron chi connectivity index (χ1n) is 10.0. The smallest absolute Gasteiger partial charge is 0.226 e. The number of piperazine rings is 1. The molecular weight excluding hydrogens is 334 g/mol. The highest BCUT2D eigenvalue weighted by Crippen LogP contribution is 2.39. The average molecular weight is 366 g/mol. The number of hydrogen-bond donors (Lipinski definition) is 1. The van der Waals surface area contributed by atoms with Crippen LogP contribution in [0.5, 0.6) is 0 Å². The lowest BCUT2D eigenvalue weighted by Crippen LogP contribution is -2.67. The fourth-order valence-corrected chi connectivity index (χ4v) is 7.04. The summed E-state index contributed by atoms with van der Waals surface area (Å²) in [6, 6.07) is 1.23. The van der Waals surface area contributed by atoms with Gasteiger partial charge in [-0.2, -0.15) is 0 Å². The average Bonchev–Trinajstić information content (AvgIpc) is 3.07. The van der Waals surface area contributed by atoms with Crippen molar-refractivity contribution in [3.63, 3.8) is 0 Å². The molecule has 4 aliphatic rings. The normalized spacial score (nSPS) is 41.2. The number of amides is 2. The molecular formula is C19H31N3O2S. The maximum Gasteiger partial charge on any atom is 0.226 e. The van der Waals surface area contributed by atoms with Gasteiger partial charge >= 0.3 is 0 Å². The maximum atomic E-state index is 13.4. The summed E-state index contributed by atoms with van der Waals surface area (Å²) in [6.45, 7) is 4.51. The highest BCUT2D eigenvalue weighted by atomic mass is 32.2. The van der Waals surface area contributed by atoms with Gasteiger partial charge in [0.25, 0.3) is 0 Å². The number of nitrogens with zero attached hydrogens (tertiary/aromatic N) is 2. The van der Waals surface area contributed by atoms with Gasteiger partial charge in [0, 0.05) is 42.6 Å². The fraction of sp³-hybridized carbons (Fsp3) is 0.895. The molecule has 4 fully saturated rings. The lowest BCUT2D eigenvalue weighted by molar-refractivity contribution is -0.156. The van der Waals surface area contributed by atoms with Gasteiger partial charge in [0.1, 0.15) is 0 Å². The number of nitrogens with one attached hydrogen (secondary N) is 1. The quantitative estimate of drug-likeness (QED) is 0.774. The largest absolute Gasteiger partial charge is 0.335 e. The predicted molar refractivity (Wildman–Crippen MR) is 100 cm³/mol. The molecule has 2 aliphatic heterocycles. The number of hydrogen-bond acceptors (Lipinski definition) is 4. The van der Waals surface area contributed by atoms with E-state index in [1.165, 1.54) is 12.8 Å². The molecule has 0 bridgehead atoms. The van der Waals surface area contributed by atoms with Gasteiger partial charge in [-0.15, -0.1) is 11.8 Å². The highest BCUT2D eigenvalue weighted by molar-refractivity contribution is 8.00. The van der Waals surface area contributed by atoms with E-state index in [2.05, 4.69) is 22.0 Å². The Morgan fingerprint density at radius 3 is 2.60 bits per heavy atom. The van der Waals surface area contributed by atoms with Gasteiger partial charge in [-0.3, -0.25) is 9.59 Å². The first-order valence-corrected chi connectivity index (χ1v) is 11.1. The minimum absolute atomic E-state index is 0.139. The Morgan fingerprint density at radius 2 is 1.84 bits per heavy atom. The van der Waals surface area contributed by atoms with Crippen LogP contribution in [0.3, 0.4) is 0 Å². The van der Waals surface area contributed by atoms with Crippen LogP contribution in [0.15, 0.2) is 0 Å². The van der Waals surface area contributed by atoms with Gasteiger partial charge in [0.15, 0.2) is 0 Å². The van der Waals surface area contributed by atoms with Crippen molar-refractivity contribution in [1.82, 2.24) is 15.1 Å². The van der Waals surface area contributed by atoms with Crippen molar-refractivity contribution < 1.29 is 9.59 Å². The second-order valence-corrected chi connectivity index (χ2v) is 9.58. The molecule has 0 aromatic carbocycles. The van der Waals surface area contributed by atoms with E-state index in [4.69, 9.17) is 0 Å². The summed E-state index contributed by atoms with van der Waals surface area (Å²) >= 11 is 1.99. The Balaban J connectivity index is 1.50. The molecule has 140 valence electrons. The second-order valence-electron chi connectivity index (χ2n) is 8.36. The van der Waals surface area contributed by atoms with Crippen molar-refractivity contribution in [3.8, 4) is 0 Å². The van der Waals surface area contributed by atoms with Crippen molar-refractivity contribution in [2.45, 2.75) is 88.2 Å². The lowest BCUT2D eigenvalue weighted by Gasteiger charge is -2.53. The Kier molecular flexibility index (Phi) is 5.02. The molecule has 5 nitrogen and oxygen atoms in total. The van der Waals surface area contributed by atoms with Crippen LogP contribution in [0.4, 0.5) is 0 Å². The summed E-state index contributed by atoms with van der Waals surface area (Å²) in [7, 11) is 0. The van der Waals surface area contributed by atoms with Crippen LogP contribution in [0.25, 0.3) is 0 Å². The number of carbonyl (C=O) groups excluding carboxylic acids is 2. The molecule has 2 aliphatic carbocycles. The van der Waals surface area contributed by atoms with Gasteiger partial charge < -0.3 is 15.1 Å². The molecule has 6 atom stereocenters. The van der Waals surface area contributed by atoms with Crippen molar-refractivity contribution >= 4 is 23.6 Å². The van der Waals surface area contributed by atoms with E-state index in [1.54, 1.807) is 6.92 Å². The molecule has 2 heterocycles. The molecule has 0 radical (unpaired) electrons. The summed E-state index contributed by atoms with van der Waals surface area (Å²) < 4.78 is 0. The third-order valence-electron chi connectivity index (χ3n) is 6.82. The van der Waals surface area contributed by atoms with Crippen LogP contribution in [0.1, 0.15) is 58.8 Å². The molecule has 0 aromatic heterocycles. The summed E-state index contributed by atoms with van der Waals surface area (Å²) in [4.78, 5) is 29.8. The van der Waals surface area contributed by atoms with Gasteiger partial charge in [0.2, 0.25) is 11.8 Å². The Morgan fingerprint density at radius 1 is 1.08 bits per heavy atom. The standard InChI is InChI=1S/C19H31N3O2S/c1-12-10-21(16-5-3-4-6-17(16)22(12)13(2)23)19(24)14-7-8-15-18(9-14)25-11-20-15/h12,14-18,20H,3-11H2,1-2H3/t12-,14?,15?,16?,17?,18?/m0/s1. The molecule has 2 amide bonds. The van der Waals surface area contributed by atoms with Crippen molar-refractivity contribution in [3.05, 3.63) is 0 Å². The number of fused-ring (bicyclic) bond motifs is 2. The third kappa shape index (κ3) is 3.20. The van der Waals surface area contributed by atoms with E-state index in [-0.39, 0.29) is 30.0 Å². The molecule has 0 spiro atoms. The van der Waals surface area contributed by atoms with E-state index in [9.17, 15) is 9.59 Å². The van der Waals surface area contributed by atoms with E-state index in [1.807, 2.05) is 11.8 Å². The number of rotatable bonds is 1. The molecule has 25 heavy (non-hydrogen) atoms. The van der Waals surface area contributed by atoms with Crippen LogP contribution in [-0.4, -0.2) is 63.5 Å². The number of thioether (sulfide) groups is 1. The minimum atomic E-state index is 0.139. The zero-order valence-electron chi connectivity index (χ0n) is 15.4. The van der Waals surface area contributed by atoms with Crippen molar-refractivity contribution in [2.24, 2.45) is 5.92 Å².